The van der Waals surface area contributed by atoms with Gasteiger partial charge in [-0.1, -0.05) is 34.8 Å². The zero-order valence-corrected chi connectivity index (χ0v) is 14.8. The van der Waals surface area contributed by atoms with Gasteiger partial charge in [-0.25, -0.2) is 8.42 Å². The number of amides is 1. The molecule has 2 rings (SSSR count). The molecular weight excluding hydrogens is 383 g/mol. The van der Waals surface area contributed by atoms with Crippen LogP contribution in [0.15, 0.2) is 41.3 Å². The van der Waals surface area contributed by atoms with Gasteiger partial charge in [0.05, 0.1) is 21.4 Å². The first-order valence-electron chi connectivity index (χ1n) is 6.24. The Balaban J connectivity index is 2.32. The van der Waals surface area contributed by atoms with Gasteiger partial charge in [-0.2, -0.15) is 0 Å². The van der Waals surface area contributed by atoms with E-state index in [1.165, 1.54) is 43.3 Å². The van der Waals surface area contributed by atoms with Crippen molar-refractivity contribution in [1.29, 1.82) is 0 Å². The van der Waals surface area contributed by atoms with Gasteiger partial charge in [0.2, 0.25) is 5.91 Å². The van der Waals surface area contributed by atoms with Gasteiger partial charge in [0.15, 0.2) is 0 Å². The Hall–Kier alpha value is -1.47. The molecule has 5 nitrogen and oxygen atoms in total. The summed E-state index contributed by atoms with van der Waals surface area (Å²) in [5, 5.41) is 3.01. The molecule has 0 aliphatic rings. The topological polar surface area (TPSA) is 75.3 Å². The molecule has 0 saturated heterocycles. The fourth-order valence-corrected chi connectivity index (χ4v) is 3.80. The van der Waals surface area contributed by atoms with Crippen LogP contribution >= 0.6 is 34.8 Å². The predicted octanol–water partition coefficient (Wildman–Crippen LogP) is 4.41. The van der Waals surface area contributed by atoms with E-state index in [1.54, 1.807) is 0 Å². The van der Waals surface area contributed by atoms with Crippen molar-refractivity contribution >= 4 is 62.1 Å². The molecule has 2 aromatic carbocycles. The van der Waals surface area contributed by atoms with Gasteiger partial charge in [0, 0.05) is 11.9 Å². The van der Waals surface area contributed by atoms with Crippen LogP contribution in [0.2, 0.25) is 15.1 Å². The molecule has 0 heterocycles. The van der Waals surface area contributed by atoms with E-state index in [0.717, 1.165) is 0 Å². The highest BCUT2D eigenvalue weighted by atomic mass is 35.5. The number of carbonyl (C=O) groups is 1. The van der Waals surface area contributed by atoms with Gasteiger partial charge in [0.25, 0.3) is 10.0 Å². The van der Waals surface area contributed by atoms with Crippen LogP contribution in [0, 0.1) is 0 Å². The number of anilines is 2. The van der Waals surface area contributed by atoms with Gasteiger partial charge in [-0.3, -0.25) is 9.52 Å². The lowest BCUT2D eigenvalue weighted by Crippen LogP contribution is -2.14. The first kappa shape index (κ1) is 17.9. The highest BCUT2D eigenvalue weighted by molar-refractivity contribution is 7.92. The second-order valence-electron chi connectivity index (χ2n) is 4.56. The normalized spacial score (nSPS) is 11.1. The van der Waals surface area contributed by atoms with Crippen LogP contribution in [-0.4, -0.2) is 14.3 Å². The molecule has 0 fully saturated rings. The van der Waals surface area contributed by atoms with Crippen LogP contribution in [0.3, 0.4) is 0 Å². The molecule has 0 aliphatic carbocycles. The molecule has 9 heteroatoms. The quantitative estimate of drug-likeness (QED) is 0.808. The maximum Gasteiger partial charge on any atom is 0.263 e. The van der Waals surface area contributed by atoms with Gasteiger partial charge >= 0.3 is 0 Å². The summed E-state index contributed by atoms with van der Waals surface area (Å²) in [6.07, 6.45) is 0. The minimum Gasteiger partial charge on any atom is -0.325 e. The van der Waals surface area contributed by atoms with Crippen molar-refractivity contribution in [2.24, 2.45) is 0 Å². The van der Waals surface area contributed by atoms with E-state index in [-0.39, 0.29) is 31.6 Å². The van der Waals surface area contributed by atoms with Crippen molar-refractivity contribution in [2.75, 3.05) is 10.0 Å². The first-order valence-corrected chi connectivity index (χ1v) is 8.86. The number of halogens is 3. The second-order valence-corrected chi connectivity index (χ2v) is 7.46. The van der Waals surface area contributed by atoms with Crippen molar-refractivity contribution in [2.45, 2.75) is 11.8 Å². The van der Waals surface area contributed by atoms with E-state index in [0.29, 0.717) is 5.69 Å². The van der Waals surface area contributed by atoms with E-state index in [1.807, 2.05) is 0 Å². The number of carbonyl (C=O) groups excluding carboxylic acids is 1. The average Bonchev–Trinajstić information content (AvgIpc) is 2.43. The summed E-state index contributed by atoms with van der Waals surface area (Å²) in [5.74, 6) is -0.286. The van der Waals surface area contributed by atoms with Gasteiger partial charge in [-0.15, -0.1) is 0 Å². The lowest BCUT2D eigenvalue weighted by Gasteiger charge is -2.12. The summed E-state index contributed by atoms with van der Waals surface area (Å²) >= 11 is 17.7. The highest BCUT2D eigenvalue weighted by Crippen LogP contribution is 2.29. The van der Waals surface area contributed by atoms with Crippen molar-refractivity contribution in [3.63, 3.8) is 0 Å². The summed E-state index contributed by atoms with van der Waals surface area (Å²) in [7, 11) is -3.93. The minimum absolute atomic E-state index is 0.0443. The summed E-state index contributed by atoms with van der Waals surface area (Å²) < 4.78 is 27.1. The molecule has 23 heavy (non-hydrogen) atoms. The van der Waals surface area contributed by atoms with Crippen molar-refractivity contribution in [3.8, 4) is 0 Å². The summed E-state index contributed by atoms with van der Waals surface area (Å²) in [6, 6.07) is 8.46. The van der Waals surface area contributed by atoms with Crippen molar-refractivity contribution < 1.29 is 13.2 Å². The smallest absolute Gasteiger partial charge is 0.263 e. The third-order valence-corrected chi connectivity index (χ3v) is 5.13. The third-order valence-electron chi connectivity index (χ3n) is 2.71. The van der Waals surface area contributed by atoms with Crippen molar-refractivity contribution in [1.82, 2.24) is 0 Å². The molecule has 0 aromatic heterocycles. The highest BCUT2D eigenvalue weighted by Gasteiger charge is 2.19. The Kier molecular flexibility index (Phi) is 5.41. The molecule has 2 N–H and O–H groups in total. The summed E-state index contributed by atoms with van der Waals surface area (Å²) in [4.78, 5) is 10.9. The van der Waals surface area contributed by atoms with E-state index < -0.39 is 10.0 Å². The second kappa shape index (κ2) is 6.97. The predicted molar refractivity (Wildman–Crippen MR) is 93.0 cm³/mol. The molecule has 1 amide bonds. The third kappa shape index (κ3) is 4.51. The van der Waals surface area contributed by atoms with E-state index in [2.05, 4.69) is 10.0 Å². The molecule has 122 valence electrons. The van der Waals surface area contributed by atoms with Crippen LogP contribution in [0.5, 0.6) is 0 Å². The molecule has 0 radical (unpaired) electrons. The molecule has 0 bridgehead atoms. The molecule has 0 saturated carbocycles. The Morgan fingerprint density at radius 3 is 2.30 bits per heavy atom. The zero-order valence-electron chi connectivity index (χ0n) is 11.7. The minimum atomic E-state index is -3.93. The standard InChI is InChI=1S/C14H11Cl3N2O3S/c1-8(20)18-13-5-3-10(7-12(13)17)19-23(21,22)14-6-9(15)2-4-11(14)16/h2-7,19H,1H3,(H,18,20). The van der Waals surface area contributed by atoms with Crippen molar-refractivity contribution in [3.05, 3.63) is 51.5 Å². The van der Waals surface area contributed by atoms with Crippen LogP contribution in [-0.2, 0) is 14.8 Å². The largest absolute Gasteiger partial charge is 0.325 e. The Morgan fingerprint density at radius 1 is 1.00 bits per heavy atom. The zero-order chi connectivity index (χ0) is 17.2. The monoisotopic (exact) mass is 392 g/mol. The van der Waals surface area contributed by atoms with Crippen LogP contribution in [0.1, 0.15) is 6.92 Å². The summed E-state index contributed by atoms with van der Waals surface area (Å²) in [5.41, 5.74) is 0.600. The lowest BCUT2D eigenvalue weighted by atomic mass is 10.3. The number of sulfonamides is 1. The Labute approximate surface area is 148 Å². The Morgan fingerprint density at radius 2 is 1.70 bits per heavy atom. The number of nitrogens with one attached hydrogen (secondary N) is 2. The molecule has 2 aromatic rings. The molecule has 0 atom stereocenters. The van der Waals surface area contributed by atoms with Gasteiger partial charge in [-0.05, 0) is 36.4 Å². The van der Waals surface area contributed by atoms with Crippen LogP contribution in [0.25, 0.3) is 0 Å². The first-order chi connectivity index (χ1) is 10.7. The average molecular weight is 394 g/mol. The number of benzene rings is 2. The molecule has 0 aliphatic heterocycles. The number of rotatable bonds is 4. The maximum atomic E-state index is 12.4. The van der Waals surface area contributed by atoms with Gasteiger partial charge < -0.3 is 5.32 Å². The fourth-order valence-electron chi connectivity index (χ4n) is 1.76. The van der Waals surface area contributed by atoms with Crippen LogP contribution < -0.4 is 10.0 Å². The fraction of sp³-hybridized carbons (Fsp3) is 0.0714. The molecule has 0 spiro atoms. The van der Waals surface area contributed by atoms with Gasteiger partial charge in [0.1, 0.15) is 4.90 Å². The summed E-state index contributed by atoms with van der Waals surface area (Å²) in [6.45, 7) is 1.34. The lowest BCUT2D eigenvalue weighted by molar-refractivity contribution is -0.114. The molecular formula is C14H11Cl3N2O3S. The van der Waals surface area contributed by atoms with E-state index >= 15 is 0 Å². The number of hydrogen-bond donors (Lipinski definition) is 2. The number of hydrogen-bond acceptors (Lipinski definition) is 3. The van der Waals surface area contributed by atoms with Crippen LogP contribution in [0.4, 0.5) is 11.4 Å². The SMILES string of the molecule is CC(=O)Nc1ccc(NS(=O)(=O)c2cc(Cl)ccc2Cl)cc1Cl. The maximum absolute atomic E-state index is 12.4. The Bertz CT molecular complexity index is 870. The molecule has 0 unspecified atom stereocenters. The van der Waals surface area contributed by atoms with E-state index in [4.69, 9.17) is 34.8 Å². The van der Waals surface area contributed by atoms with E-state index in [9.17, 15) is 13.2 Å².